The van der Waals surface area contributed by atoms with Crippen LogP contribution >= 0.6 is 0 Å². The van der Waals surface area contributed by atoms with E-state index in [1.807, 2.05) is 0 Å². The van der Waals surface area contributed by atoms with E-state index >= 15 is 0 Å². The average Bonchev–Trinajstić information content (AvgIpc) is 2.27. The summed E-state index contributed by atoms with van der Waals surface area (Å²) < 4.78 is 45.7. The monoisotopic (exact) mass is 269 g/mol. The SMILES string of the molecule is CCC1(C)CC(NCCOCC(F)(F)F)CCO1. The highest BCUT2D eigenvalue weighted by Crippen LogP contribution is 2.27. The van der Waals surface area contributed by atoms with Gasteiger partial charge in [0.25, 0.3) is 0 Å². The molecule has 0 aliphatic carbocycles. The van der Waals surface area contributed by atoms with E-state index in [9.17, 15) is 13.2 Å². The molecule has 0 radical (unpaired) electrons. The highest BCUT2D eigenvalue weighted by atomic mass is 19.4. The van der Waals surface area contributed by atoms with E-state index in [-0.39, 0.29) is 12.2 Å². The first-order chi connectivity index (χ1) is 8.35. The zero-order valence-corrected chi connectivity index (χ0v) is 11.0. The summed E-state index contributed by atoms with van der Waals surface area (Å²) in [4.78, 5) is 0. The van der Waals surface area contributed by atoms with Crippen molar-refractivity contribution in [1.29, 1.82) is 0 Å². The predicted molar refractivity (Wildman–Crippen MR) is 62.5 cm³/mol. The van der Waals surface area contributed by atoms with Crippen molar-refractivity contribution >= 4 is 0 Å². The fourth-order valence-corrected chi connectivity index (χ4v) is 2.07. The zero-order chi connectivity index (χ0) is 13.6. The van der Waals surface area contributed by atoms with Crippen LogP contribution in [0.4, 0.5) is 13.2 Å². The van der Waals surface area contributed by atoms with Crippen LogP contribution in [0, 0.1) is 0 Å². The Hall–Kier alpha value is -0.330. The fourth-order valence-electron chi connectivity index (χ4n) is 2.07. The molecule has 1 aliphatic rings. The summed E-state index contributed by atoms with van der Waals surface area (Å²) in [6, 6.07) is 0.304. The van der Waals surface area contributed by atoms with Crippen LogP contribution in [0.3, 0.4) is 0 Å². The van der Waals surface area contributed by atoms with Crippen molar-refractivity contribution in [2.24, 2.45) is 0 Å². The standard InChI is InChI=1S/C12H22F3NO2/c1-3-11(2)8-10(4-6-18-11)16-5-7-17-9-12(13,14)15/h10,16H,3-9H2,1-2H3. The van der Waals surface area contributed by atoms with Crippen LogP contribution in [0.25, 0.3) is 0 Å². The maximum absolute atomic E-state index is 11.8. The maximum Gasteiger partial charge on any atom is 0.411 e. The van der Waals surface area contributed by atoms with Crippen LogP contribution in [0.1, 0.15) is 33.1 Å². The molecule has 1 N–H and O–H groups in total. The van der Waals surface area contributed by atoms with Crippen LogP contribution < -0.4 is 5.32 Å². The molecule has 0 bridgehead atoms. The maximum atomic E-state index is 11.8. The average molecular weight is 269 g/mol. The smallest absolute Gasteiger partial charge is 0.375 e. The molecule has 2 unspecified atom stereocenters. The van der Waals surface area contributed by atoms with Crippen LogP contribution in [-0.4, -0.2) is 44.2 Å². The summed E-state index contributed by atoms with van der Waals surface area (Å²) in [7, 11) is 0. The molecule has 1 fully saturated rings. The topological polar surface area (TPSA) is 30.5 Å². The Kier molecular flexibility index (Phi) is 5.88. The van der Waals surface area contributed by atoms with Crippen molar-refractivity contribution in [3.05, 3.63) is 0 Å². The molecule has 1 heterocycles. The summed E-state index contributed by atoms with van der Waals surface area (Å²) in [5.74, 6) is 0. The molecule has 0 aromatic rings. The Labute approximate surface area is 106 Å². The van der Waals surface area contributed by atoms with Gasteiger partial charge in [-0.3, -0.25) is 0 Å². The Morgan fingerprint density at radius 1 is 1.44 bits per heavy atom. The summed E-state index contributed by atoms with van der Waals surface area (Å²) in [5.41, 5.74) is -0.108. The highest BCUT2D eigenvalue weighted by molar-refractivity contribution is 4.85. The normalized spacial score (nSPS) is 29.5. The number of halogens is 3. The van der Waals surface area contributed by atoms with Crippen molar-refractivity contribution in [3.8, 4) is 0 Å². The van der Waals surface area contributed by atoms with Crippen molar-refractivity contribution in [2.45, 2.75) is 50.9 Å². The highest BCUT2D eigenvalue weighted by Gasteiger charge is 2.31. The number of hydrogen-bond donors (Lipinski definition) is 1. The molecule has 0 amide bonds. The molecule has 108 valence electrons. The van der Waals surface area contributed by atoms with Gasteiger partial charge in [-0.2, -0.15) is 13.2 Å². The number of hydrogen-bond acceptors (Lipinski definition) is 3. The molecule has 3 nitrogen and oxygen atoms in total. The van der Waals surface area contributed by atoms with Crippen molar-refractivity contribution in [2.75, 3.05) is 26.4 Å². The van der Waals surface area contributed by atoms with E-state index < -0.39 is 12.8 Å². The van der Waals surface area contributed by atoms with E-state index in [1.165, 1.54) is 0 Å². The van der Waals surface area contributed by atoms with Gasteiger partial charge in [0.15, 0.2) is 0 Å². The van der Waals surface area contributed by atoms with Gasteiger partial charge in [0.2, 0.25) is 0 Å². The minimum Gasteiger partial charge on any atom is -0.375 e. The van der Waals surface area contributed by atoms with Gasteiger partial charge in [-0.1, -0.05) is 6.92 Å². The minimum atomic E-state index is -4.24. The number of alkyl halides is 3. The van der Waals surface area contributed by atoms with E-state index in [0.29, 0.717) is 19.2 Å². The second-order valence-electron chi connectivity index (χ2n) is 4.96. The third-order valence-electron chi connectivity index (χ3n) is 3.29. The number of rotatable bonds is 6. The molecular formula is C12H22F3NO2. The van der Waals surface area contributed by atoms with Crippen molar-refractivity contribution in [1.82, 2.24) is 5.32 Å². The Balaban J connectivity index is 2.12. The van der Waals surface area contributed by atoms with Gasteiger partial charge in [0.05, 0.1) is 12.2 Å². The molecule has 0 aromatic heterocycles. The molecule has 0 saturated carbocycles. The van der Waals surface area contributed by atoms with E-state index in [1.54, 1.807) is 0 Å². The largest absolute Gasteiger partial charge is 0.411 e. The lowest BCUT2D eigenvalue weighted by Crippen LogP contribution is -2.45. The van der Waals surface area contributed by atoms with Gasteiger partial charge in [0.1, 0.15) is 6.61 Å². The zero-order valence-electron chi connectivity index (χ0n) is 11.0. The first-order valence-electron chi connectivity index (χ1n) is 6.36. The first kappa shape index (κ1) is 15.7. The fraction of sp³-hybridized carbons (Fsp3) is 1.00. The molecule has 18 heavy (non-hydrogen) atoms. The van der Waals surface area contributed by atoms with Crippen molar-refractivity contribution < 1.29 is 22.6 Å². The summed E-state index contributed by atoms with van der Waals surface area (Å²) in [5, 5.41) is 3.23. The molecule has 1 aliphatic heterocycles. The number of nitrogens with one attached hydrogen (secondary N) is 1. The van der Waals surface area contributed by atoms with Gasteiger partial charge in [0, 0.05) is 19.2 Å². The molecule has 2 atom stereocenters. The van der Waals surface area contributed by atoms with E-state index in [2.05, 4.69) is 23.9 Å². The molecule has 1 rings (SSSR count). The second kappa shape index (κ2) is 6.73. The molecule has 0 aromatic carbocycles. The van der Waals surface area contributed by atoms with Gasteiger partial charge in [-0.05, 0) is 26.2 Å². The van der Waals surface area contributed by atoms with E-state index in [0.717, 1.165) is 19.3 Å². The number of ether oxygens (including phenoxy) is 2. The predicted octanol–water partition coefficient (Wildman–Crippen LogP) is 2.50. The van der Waals surface area contributed by atoms with Crippen molar-refractivity contribution in [3.63, 3.8) is 0 Å². The van der Waals surface area contributed by atoms with Crippen LogP contribution in [0.2, 0.25) is 0 Å². The quantitative estimate of drug-likeness (QED) is 0.752. The summed E-state index contributed by atoms with van der Waals surface area (Å²) >= 11 is 0. The second-order valence-corrected chi connectivity index (χ2v) is 4.96. The van der Waals surface area contributed by atoms with Crippen LogP contribution in [0.5, 0.6) is 0 Å². The molecule has 0 spiro atoms. The van der Waals surface area contributed by atoms with Gasteiger partial charge < -0.3 is 14.8 Å². The van der Waals surface area contributed by atoms with Gasteiger partial charge in [-0.25, -0.2) is 0 Å². The lowest BCUT2D eigenvalue weighted by Gasteiger charge is -2.38. The Morgan fingerprint density at radius 3 is 2.78 bits per heavy atom. The minimum absolute atomic E-state index is 0.0830. The van der Waals surface area contributed by atoms with Gasteiger partial charge >= 0.3 is 6.18 Å². The van der Waals surface area contributed by atoms with Crippen LogP contribution in [0.15, 0.2) is 0 Å². The molecule has 6 heteroatoms. The Morgan fingerprint density at radius 2 is 2.17 bits per heavy atom. The summed E-state index contributed by atoms with van der Waals surface area (Å²) in [6.07, 6.45) is -1.51. The third-order valence-corrected chi connectivity index (χ3v) is 3.29. The summed E-state index contributed by atoms with van der Waals surface area (Å²) in [6.45, 7) is 4.20. The first-order valence-corrected chi connectivity index (χ1v) is 6.36. The molecular weight excluding hydrogens is 247 g/mol. The van der Waals surface area contributed by atoms with E-state index in [4.69, 9.17) is 4.74 Å². The van der Waals surface area contributed by atoms with Gasteiger partial charge in [-0.15, -0.1) is 0 Å². The Bertz CT molecular complexity index is 248. The third kappa shape index (κ3) is 6.02. The lowest BCUT2D eigenvalue weighted by atomic mass is 9.90. The van der Waals surface area contributed by atoms with Crippen LogP contribution in [-0.2, 0) is 9.47 Å². The molecule has 1 saturated heterocycles. The lowest BCUT2D eigenvalue weighted by molar-refractivity contribution is -0.173.